The maximum atomic E-state index is 14.4. The highest BCUT2D eigenvalue weighted by Crippen LogP contribution is 2.32. The predicted octanol–water partition coefficient (Wildman–Crippen LogP) is 3.35. The Morgan fingerprint density at radius 3 is 2.77 bits per heavy atom. The molecule has 0 radical (unpaired) electrons. The van der Waals surface area contributed by atoms with Gasteiger partial charge in [-0.25, -0.2) is 4.39 Å². The maximum absolute atomic E-state index is 14.4. The van der Waals surface area contributed by atoms with Crippen LogP contribution >= 0.6 is 0 Å². The van der Waals surface area contributed by atoms with Crippen LogP contribution < -0.4 is 10.2 Å². The lowest BCUT2D eigenvalue weighted by atomic mass is 9.96. The molecular formula is C21H25FN2O2. The number of fused-ring (bicyclic) bond motifs is 1. The van der Waals surface area contributed by atoms with E-state index in [-0.39, 0.29) is 18.3 Å². The molecule has 0 saturated carbocycles. The lowest BCUT2D eigenvalue weighted by molar-refractivity contribution is -0.119. The standard InChI is InChI=1S/C21H25FN2O2/c1-15-9-10-19(22)21-18(15)8-5-11-24(21)13-20(25)23-12-16-6-3-4-7-17(16)14-26-2/h3-4,6-7,9-10H,5,8,11-14H2,1-2H3,(H,23,25). The summed E-state index contributed by atoms with van der Waals surface area (Å²) in [4.78, 5) is 14.3. The molecule has 1 N–H and O–H groups in total. The summed E-state index contributed by atoms with van der Waals surface area (Å²) in [5, 5.41) is 2.95. The average Bonchev–Trinajstić information content (AvgIpc) is 2.64. The molecule has 0 atom stereocenters. The number of hydrogen-bond acceptors (Lipinski definition) is 3. The predicted molar refractivity (Wildman–Crippen MR) is 101 cm³/mol. The van der Waals surface area contributed by atoms with Crippen LogP contribution in [0.4, 0.5) is 10.1 Å². The molecule has 26 heavy (non-hydrogen) atoms. The van der Waals surface area contributed by atoms with Gasteiger partial charge in [0.2, 0.25) is 5.91 Å². The van der Waals surface area contributed by atoms with E-state index in [4.69, 9.17) is 4.74 Å². The fraction of sp³-hybridized carbons (Fsp3) is 0.381. The van der Waals surface area contributed by atoms with Crippen molar-refractivity contribution in [2.24, 2.45) is 0 Å². The highest BCUT2D eigenvalue weighted by atomic mass is 19.1. The fourth-order valence-corrected chi connectivity index (χ4v) is 3.53. The summed E-state index contributed by atoms with van der Waals surface area (Å²) in [6.07, 6.45) is 1.79. The van der Waals surface area contributed by atoms with Gasteiger partial charge in [0.05, 0.1) is 18.8 Å². The van der Waals surface area contributed by atoms with Crippen LogP contribution in [0.1, 0.15) is 28.7 Å². The Kier molecular flexibility index (Phi) is 5.89. The first kappa shape index (κ1) is 18.4. The number of nitrogens with one attached hydrogen (secondary N) is 1. The molecule has 0 fully saturated rings. The molecule has 0 spiro atoms. The molecule has 2 aromatic carbocycles. The summed E-state index contributed by atoms with van der Waals surface area (Å²) in [6.45, 7) is 3.81. The Balaban J connectivity index is 1.66. The van der Waals surface area contributed by atoms with Gasteiger partial charge in [-0.15, -0.1) is 0 Å². The number of aryl methyl sites for hydroxylation is 1. The van der Waals surface area contributed by atoms with Gasteiger partial charge >= 0.3 is 0 Å². The van der Waals surface area contributed by atoms with Crippen LogP contribution in [0.25, 0.3) is 0 Å². The minimum absolute atomic E-state index is 0.106. The number of rotatable bonds is 6. The van der Waals surface area contributed by atoms with Crippen molar-refractivity contribution in [2.45, 2.75) is 32.9 Å². The van der Waals surface area contributed by atoms with Crippen molar-refractivity contribution in [1.29, 1.82) is 0 Å². The van der Waals surface area contributed by atoms with E-state index >= 15 is 0 Å². The van der Waals surface area contributed by atoms with E-state index in [0.29, 0.717) is 25.4 Å². The van der Waals surface area contributed by atoms with Crippen LogP contribution in [0.3, 0.4) is 0 Å². The Morgan fingerprint density at radius 2 is 2.00 bits per heavy atom. The fourth-order valence-electron chi connectivity index (χ4n) is 3.53. The highest BCUT2D eigenvalue weighted by molar-refractivity contribution is 5.82. The minimum Gasteiger partial charge on any atom is -0.380 e. The van der Waals surface area contributed by atoms with Gasteiger partial charge in [0.25, 0.3) is 0 Å². The Bertz CT molecular complexity index is 792. The molecule has 0 aromatic heterocycles. The number of carbonyl (C=O) groups excluding carboxylic acids is 1. The van der Waals surface area contributed by atoms with Gasteiger partial charge in [-0.2, -0.15) is 0 Å². The minimum atomic E-state index is -0.247. The molecule has 1 heterocycles. The van der Waals surface area contributed by atoms with E-state index in [9.17, 15) is 9.18 Å². The zero-order valence-corrected chi connectivity index (χ0v) is 15.3. The number of hydrogen-bond donors (Lipinski definition) is 1. The Labute approximate surface area is 154 Å². The number of methoxy groups -OCH3 is 1. The number of halogens is 1. The topological polar surface area (TPSA) is 41.6 Å². The number of carbonyl (C=O) groups is 1. The third kappa shape index (κ3) is 4.05. The average molecular weight is 356 g/mol. The molecule has 2 aromatic rings. The molecule has 0 bridgehead atoms. The number of anilines is 1. The lowest BCUT2D eigenvalue weighted by Crippen LogP contribution is -2.40. The Morgan fingerprint density at radius 1 is 1.23 bits per heavy atom. The summed E-state index contributed by atoms with van der Waals surface area (Å²) in [5.41, 5.74) is 4.78. The van der Waals surface area contributed by atoms with Crippen molar-refractivity contribution in [3.8, 4) is 0 Å². The summed E-state index contributed by atoms with van der Waals surface area (Å²) < 4.78 is 19.6. The van der Waals surface area contributed by atoms with E-state index in [2.05, 4.69) is 5.32 Å². The van der Waals surface area contributed by atoms with Crippen molar-refractivity contribution >= 4 is 11.6 Å². The van der Waals surface area contributed by atoms with Gasteiger partial charge in [0, 0.05) is 20.2 Å². The molecule has 0 aliphatic carbocycles. The normalized spacial score (nSPS) is 13.4. The van der Waals surface area contributed by atoms with Crippen molar-refractivity contribution in [3.05, 3.63) is 64.5 Å². The van der Waals surface area contributed by atoms with Crippen LogP contribution in [0.2, 0.25) is 0 Å². The summed E-state index contributed by atoms with van der Waals surface area (Å²) >= 11 is 0. The highest BCUT2D eigenvalue weighted by Gasteiger charge is 2.23. The van der Waals surface area contributed by atoms with Crippen molar-refractivity contribution in [1.82, 2.24) is 5.32 Å². The van der Waals surface area contributed by atoms with Gasteiger partial charge in [-0.1, -0.05) is 30.3 Å². The number of amides is 1. The smallest absolute Gasteiger partial charge is 0.239 e. The third-order valence-corrected chi connectivity index (χ3v) is 4.87. The number of nitrogens with zero attached hydrogens (tertiary/aromatic N) is 1. The first-order chi connectivity index (χ1) is 12.6. The summed E-state index contributed by atoms with van der Waals surface area (Å²) in [6, 6.07) is 11.2. The third-order valence-electron chi connectivity index (χ3n) is 4.87. The molecule has 1 amide bonds. The van der Waals surface area contributed by atoms with Gasteiger partial charge in [-0.05, 0) is 48.1 Å². The number of benzene rings is 2. The second-order valence-electron chi connectivity index (χ2n) is 6.70. The zero-order chi connectivity index (χ0) is 18.5. The van der Waals surface area contributed by atoms with E-state index in [1.807, 2.05) is 42.2 Å². The van der Waals surface area contributed by atoms with Gasteiger partial charge < -0.3 is 15.0 Å². The SMILES string of the molecule is COCc1ccccc1CNC(=O)CN1CCCc2c(C)ccc(F)c21. The van der Waals surface area contributed by atoms with Gasteiger partial charge in [-0.3, -0.25) is 4.79 Å². The molecule has 4 nitrogen and oxygen atoms in total. The molecule has 138 valence electrons. The van der Waals surface area contributed by atoms with E-state index in [0.717, 1.165) is 35.1 Å². The lowest BCUT2D eigenvalue weighted by Gasteiger charge is -2.32. The summed E-state index contributed by atoms with van der Waals surface area (Å²) in [7, 11) is 1.65. The second-order valence-corrected chi connectivity index (χ2v) is 6.70. The van der Waals surface area contributed by atoms with E-state index < -0.39 is 0 Å². The van der Waals surface area contributed by atoms with Crippen LogP contribution in [-0.4, -0.2) is 26.1 Å². The molecule has 1 aliphatic rings. The van der Waals surface area contributed by atoms with E-state index in [1.165, 1.54) is 6.07 Å². The number of ether oxygens (including phenoxy) is 1. The molecule has 3 rings (SSSR count). The van der Waals surface area contributed by atoms with E-state index in [1.54, 1.807) is 7.11 Å². The first-order valence-electron chi connectivity index (χ1n) is 8.95. The zero-order valence-electron chi connectivity index (χ0n) is 15.3. The van der Waals surface area contributed by atoms with Crippen molar-refractivity contribution in [3.63, 3.8) is 0 Å². The van der Waals surface area contributed by atoms with Crippen molar-refractivity contribution in [2.75, 3.05) is 25.1 Å². The van der Waals surface area contributed by atoms with Crippen molar-refractivity contribution < 1.29 is 13.9 Å². The largest absolute Gasteiger partial charge is 0.380 e. The second kappa shape index (κ2) is 8.32. The Hall–Kier alpha value is -2.40. The quantitative estimate of drug-likeness (QED) is 0.863. The summed E-state index contributed by atoms with van der Waals surface area (Å²) in [5.74, 6) is -0.352. The van der Waals surface area contributed by atoms with Crippen LogP contribution in [-0.2, 0) is 29.1 Å². The van der Waals surface area contributed by atoms with Crippen LogP contribution in [0, 0.1) is 12.7 Å². The van der Waals surface area contributed by atoms with Gasteiger partial charge in [0.15, 0.2) is 0 Å². The molecule has 0 unspecified atom stereocenters. The monoisotopic (exact) mass is 356 g/mol. The maximum Gasteiger partial charge on any atom is 0.239 e. The molecule has 0 saturated heterocycles. The van der Waals surface area contributed by atoms with Crippen LogP contribution in [0.15, 0.2) is 36.4 Å². The molecule has 5 heteroatoms. The molecule has 1 aliphatic heterocycles. The first-order valence-corrected chi connectivity index (χ1v) is 8.95. The molecular weight excluding hydrogens is 331 g/mol. The van der Waals surface area contributed by atoms with Gasteiger partial charge in [0.1, 0.15) is 5.82 Å². The van der Waals surface area contributed by atoms with Crippen LogP contribution in [0.5, 0.6) is 0 Å².